The molecule has 212 valence electrons. The van der Waals surface area contributed by atoms with E-state index in [0.29, 0.717) is 36.9 Å². The Balaban J connectivity index is 1.47. The summed E-state index contributed by atoms with van der Waals surface area (Å²) in [6, 6.07) is 3.30. The smallest absolute Gasteiger partial charge is 0.391 e. The van der Waals surface area contributed by atoms with Crippen LogP contribution in [0.15, 0.2) is 12.1 Å². The number of ether oxygens (including phenoxy) is 1. The van der Waals surface area contributed by atoms with Gasteiger partial charge in [0.15, 0.2) is 23.2 Å². The number of pyridine rings is 2. The lowest BCUT2D eigenvalue weighted by Gasteiger charge is -2.29. The number of nitrogens with zero attached hydrogens (tertiary/aromatic N) is 3. The van der Waals surface area contributed by atoms with E-state index in [0.717, 1.165) is 11.3 Å². The molecule has 1 aliphatic carbocycles. The maximum absolute atomic E-state index is 13.1. The Morgan fingerprint density at radius 2 is 1.87 bits per heavy atom. The third-order valence-electron chi connectivity index (χ3n) is 6.95. The average molecular weight is 574 g/mol. The number of aromatic amines is 1. The number of nitrogens with one attached hydrogen (secondary N) is 2. The Morgan fingerprint density at radius 3 is 2.51 bits per heavy atom. The van der Waals surface area contributed by atoms with Crippen LogP contribution in [0.5, 0.6) is 5.88 Å². The molecule has 0 bridgehead atoms. The second-order valence-corrected chi connectivity index (χ2v) is 10.3. The molecule has 39 heavy (non-hydrogen) atoms. The van der Waals surface area contributed by atoms with Crippen molar-refractivity contribution in [3.05, 3.63) is 34.1 Å². The minimum atomic E-state index is -4.16. The maximum Gasteiger partial charge on any atom is 0.391 e. The fourth-order valence-corrected chi connectivity index (χ4v) is 5.29. The number of aromatic nitrogens is 4. The molecule has 2 N–H and O–H groups in total. The number of ketones is 1. The summed E-state index contributed by atoms with van der Waals surface area (Å²) in [4.78, 5) is 28.8. The van der Waals surface area contributed by atoms with Crippen molar-refractivity contribution in [3.8, 4) is 5.88 Å². The van der Waals surface area contributed by atoms with Gasteiger partial charge in [-0.25, -0.2) is 13.8 Å². The Morgan fingerprint density at radius 1 is 1.15 bits per heavy atom. The van der Waals surface area contributed by atoms with E-state index < -0.39 is 25.1 Å². The van der Waals surface area contributed by atoms with Gasteiger partial charge in [-0.2, -0.15) is 23.1 Å². The fraction of sp³-hybridized carbons (Fsp3) is 0.538. The van der Waals surface area contributed by atoms with Gasteiger partial charge in [-0.15, -0.1) is 0 Å². The number of hydrogen-bond acceptors (Lipinski definition) is 6. The number of imidazole rings is 1. The zero-order valence-corrected chi connectivity index (χ0v) is 22.2. The lowest BCUT2D eigenvalue weighted by molar-refractivity contribution is -0.184. The molecule has 3 heterocycles. The van der Waals surface area contributed by atoms with Gasteiger partial charge in [0.05, 0.1) is 22.7 Å². The number of H-pyrrole nitrogens is 1. The van der Waals surface area contributed by atoms with Crippen molar-refractivity contribution in [1.82, 2.24) is 19.9 Å². The van der Waals surface area contributed by atoms with E-state index in [9.17, 15) is 26.7 Å². The van der Waals surface area contributed by atoms with Crippen LogP contribution in [0.1, 0.15) is 66.6 Å². The third-order valence-corrected chi connectivity index (χ3v) is 7.23. The highest BCUT2D eigenvalue weighted by Gasteiger charge is 2.41. The maximum atomic E-state index is 13.1. The van der Waals surface area contributed by atoms with Gasteiger partial charge in [0.1, 0.15) is 0 Å². The second kappa shape index (κ2) is 12.0. The van der Waals surface area contributed by atoms with E-state index in [1.807, 2.05) is 19.9 Å². The molecule has 13 heteroatoms. The summed E-state index contributed by atoms with van der Waals surface area (Å²) in [5.74, 6) is -1.48. The summed E-state index contributed by atoms with van der Waals surface area (Å²) in [6.45, 7) is 2.71. The summed E-state index contributed by atoms with van der Waals surface area (Å²) in [6.07, 6.45) is -4.62. The van der Waals surface area contributed by atoms with E-state index in [-0.39, 0.29) is 59.2 Å². The summed E-state index contributed by atoms with van der Waals surface area (Å²) in [5.41, 5.74) is 2.65. The van der Waals surface area contributed by atoms with Crippen molar-refractivity contribution in [2.24, 2.45) is 11.8 Å². The summed E-state index contributed by atoms with van der Waals surface area (Å²) >= 11 is 6.26. The number of carbonyl (C=O) groups is 1. The van der Waals surface area contributed by atoms with Crippen LogP contribution in [0.2, 0.25) is 5.15 Å². The highest BCUT2D eigenvalue weighted by Crippen LogP contribution is 2.41. The van der Waals surface area contributed by atoms with E-state index >= 15 is 0 Å². The average Bonchev–Trinajstić information content (AvgIpc) is 3.25. The van der Waals surface area contributed by atoms with Crippen LogP contribution in [0.25, 0.3) is 11.2 Å². The van der Waals surface area contributed by atoms with Gasteiger partial charge < -0.3 is 15.0 Å². The number of carbonyl (C=O) groups excluding carboxylic acids is 1. The predicted octanol–water partition coefficient (Wildman–Crippen LogP) is 7.73. The van der Waals surface area contributed by atoms with Crippen LogP contribution >= 0.6 is 11.6 Å². The number of hydrogen-bond donors (Lipinski definition) is 2. The van der Waals surface area contributed by atoms with Gasteiger partial charge in [0, 0.05) is 12.1 Å². The Hall–Kier alpha value is -3.02. The highest BCUT2D eigenvalue weighted by atomic mass is 35.5. The van der Waals surface area contributed by atoms with E-state index in [2.05, 4.69) is 25.3 Å². The molecular formula is C26H29ClF5N5O2. The molecule has 4 rings (SSSR count). The van der Waals surface area contributed by atoms with Crippen molar-refractivity contribution in [3.63, 3.8) is 0 Å². The number of halogens is 6. The van der Waals surface area contributed by atoms with Crippen LogP contribution < -0.4 is 10.1 Å². The zero-order valence-electron chi connectivity index (χ0n) is 21.5. The minimum Gasteiger partial charge on any atom is -0.471 e. The van der Waals surface area contributed by atoms with E-state index in [4.69, 9.17) is 16.3 Å². The van der Waals surface area contributed by atoms with Gasteiger partial charge in [-0.3, -0.25) is 4.79 Å². The molecule has 0 radical (unpaired) electrons. The number of Topliss-reactive ketones (excluding diaryl/α,β-unsaturated/α-hetero) is 1. The summed E-state index contributed by atoms with van der Waals surface area (Å²) < 4.78 is 69.6. The molecular weight excluding hydrogens is 545 g/mol. The Bertz CT molecular complexity index is 1300. The first-order chi connectivity index (χ1) is 18.4. The molecule has 7 nitrogen and oxygen atoms in total. The fourth-order valence-electron chi connectivity index (χ4n) is 4.96. The molecule has 0 atom stereocenters. The molecule has 0 amide bonds. The molecule has 3 aromatic heterocycles. The second-order valence-electron chi connectivity index (χ2n) is 9.95. The van der Waals surface area contributed by atoms with Crippen LogP contribution in [-0.2, 0) is 0 Å². The SMILES string of the molecule is Cc1cc(C)c(Nc2nc3nc(OCC(F)F)c(C(=O)CCCC4CCC(C(F)(F)F)CC4)cc3[nH]2)c(Cl)n1. The van der Waals surface area contributed by atoms with Crippen LogP contribution in [-0.4, -0.2) is 44.9 Å². The molecule has 0 aromatic carbocycles. The molecule has 0 unspecified atom stereocenters. The standard InChI is InChI=1S/C26H29ClF5N5O2/c1-13-10-14(2)33-22(27)21(13)35-25-34-18-11-17(24(36-23(18)37-25)39-12-20(28)29)19(38)5-3-4-15-6-8-16(9-7-15)26(30,31)32/h10-11,15-16,20H,3-9,12H2,1-2H3,(H2,34,35,36,37). The molecule has 0 saturated heterocycles. The van der Waals surface area contributed by atoms with Crippen molar-refractivity contribution in [2.45, 2.75) is 71.4 Å². The molecule has 1 aliphatic rings. The van der Waals surface area contributed by atoms with Crippen LogP contribution in [0, 0.1) is 25.7 Å². The zero-order chi connectivity index (χ0) is 28.3. The third kappa shape index (κ3) is 7.34. The Labute approximate surface area is 226 Å². The van der Waals surface area contributed by atoms with Gasteiger partial charge in [-0.05, 0) is 69.6 Å². The number of rotatable bonds is 10. The lowest BCUT2D eigenvalue weighted by Crippen LogP contribution is -2.27. The van der Waals surface area contributed by atoms with E-state index in [1.54, 1.807) is 0 Å². The topological polar surface area (TPSA) is 92.8 Å². The quantitative estimate of drug-likeness (QED) is 0.146. The number of aryl methyl sites for hydroxylation is 2. The van der Waals surface area contributed by atoms with E-state index in [1.165, 1.54) is 6.07 Å². The largest absolute Gasteiger partial charge is 0.471 e. The number of fused-ring (bicyclic) bond motifs is 1. The summed E-state index contributed by atoms with van der Waals surface area (Å²) in [5, 5.41) is 3.28. The normalized spacial score (nSPS) is 18.1. The van der Waals surface area contributed by atoms with Gasteiger partial charge in [-0.1, -0.05) is 18.0 Å². The van der Waals surface area contributed by atoms with Crippen LogP contribution in [0.4, 0.5) is 33.6 Å². The molecule has 1 fully saturated rings. The molecule has 1 saturated carbocycles. The van der Waals surface area contributed by atoms with Crippen LogP contribution in [0.3, 0.4) is 0 Å². The van der Waals surface area contributed by atoms with Crippen molar-refractivity contribution >= 4 is 40.2 Å². The first kappa shape index (κ1) is 29.0. The number of alkyl halides is 5. The first-order valence-corrected chi connectivity index (χ1v) is 13.1. The highest BCUT2D eigenvalue weighted by molar-refractivity contribution is 6.32. The summed E-state index contributed by atoms with van der Waals surface area (Å²) in [7, 11) is 0. The monoisotopic (exact) mass is 573 g/mol. The number of anilines is 2. The van der Waals surface area contributed by atoms with Crippen molar-refractivity contribution in [1.29, 1.82) is 0 Å². The predicted molar refractivity (Wildman–Crippen MR) is 137 cm³/mol. The Kier molecular flexibility index (Phi) is 8.93. The molecule has 3 aromatic rings. The minimum absolute atomic E-state index is 0.0327. The first-order valence-electron chi connectivity index (χ1n) is 12.7. The molecule has 0 spiro atoms. The lowest BCUT2D eigenvalue weighted by atomic mass is 9.79. The van der Waals surface area contributed by atoms with Crippen molar-refractivity contribution in [2.75, 3.05) is 11.9 Å². The molecule has 0 aliphatic heterocycles. The van der Waals surface area contributed by atoms with Crippen molar-refractivity contribution < 1.29 is 31.5 Å². The van der Waals surface area contributed by atoms with Gasteiger partial charge in [0.25, 0.3) is 6.43 Å². The van der Waals surface area contributed by atoms with Gasteiger partial charge in [0.2, 0.25) is 11.8 Å². The van der Waals surface area contributed by atoms with Gasteiger partial charge >= 0.3 is 6.18 Å².